The van der Waals surface area contributed by atoms with Crippen molar-refractivity contribution in [2.45, 2.75) is 26.2 Å². The number of hydrogen-bond donors (Lipinski definition) is 0. The summed E-state index contributed by atoms with van der Waals surface area (Å²) >= 11 is 6.04. The number of rotatable bonds is 6. The summed E-state index contributed by atoms with van der Waals surface area (Å²) in [5.74, 6) is 1.04. The molecule has 0 N–H and O–H groups in total. The van der Waals surface area contributed by atoms with Crippen molar-refractivity contribution in [2.24, 2.45) is 5.41 Å². The first-order valence-corrected chi connectivity index (χ1v) is 12.0. The van der Waals surface area contributed by atoms with Gasteiger partial charge in [-0.05, 0) is 49.8 Å². The van der Waals surface area contributed by atoms with Gasteiger partial charge in [-0.3, -0.25) is 9.59 Å². The number of amides is 2. The lowest BCUT2D eigenvalue weighted by atomic mass is 9.78. The number of halogens is 1. The minimum Gasteiger partial charge on any atom is -0.493 e. The highest BCUT2D eigenvalue weighted by Gasteiger charge is 2.42. The highest BCUT2D eigenvalue weighted by Crippen LogP contribution is 2.41. The summed E-state index contributed by atoms with van der Waals surface area (Å²) in [5.41, 5.74) is 1.43. The van der Waals surface area contributed by atoms with Crippen molar-refractivity contribution in [3.05, 3.63) is 58.8 Å². The second-order valence-corrected chi connectivity index (χ2v) is 9.21. The fraction of sp³-hybridized carbons (Fsp3) is 0.423. The number of methoxy groups -OCH3 is 1. The van der Waals surface area contributed by atoms with Crippen LogP contribution in [0.1, 0.15) is 42.1 Å². The molecule has 2 aliphatic rings. The lowest BCUT2D eigenvalue weighted by Crippen LogP contribution is -2.44. The molecule has 8 heteroatoms. The van der Waals surface area contributed by atoms with Gasteiger partial charge in [0.05, 0.1) is 13.7 Å². The van der Waals surface area contributed by atoms with Crippen molar-refractivity contribution >= 4 is 29.5 Å². The Morgan fingerprint density at radius 3 is 2.53 bits per heavy atom. The molecule has 3 heterocycles. The van der Waals surface area contributed by atoms with E-state index in [1.807, 2.05) is 47.1 Å². The largest absolute Gasteiger partial charge is 0.493 e. The molecule has 4 rings (SSSR count). The Labute approximate surface area is 205 Å². The maximum atomic E-state index is 13.1. The highest BCUT2D eigenvalue weighted by molar-refractivity contribution is 6.29. The van der Waals surface area contributed by atoms with E-state index in [4.69, 9.17) is 21.1 Å². The Balaban J connectivity index is 1.34. The summed E-state index contributed by atoms with van der Waals surface area (Å²) in [6.45, 7) is 5.28. The minimum absolute atomic E-state index is 0.00519. The first kappa shape index (κ1) is 24.1. The number of ether oxygens (including phenoxy) is 2. The van der Waals surface area contributed by atoms with Gasteiger partial charge < -0.3 is 19.3 Å². The van der Waals surface area contributed by atoms with E-state index < -0.39 is 0 Å². The number of nitrogens with zero attached hydrogens (tertiary/aromatic N) is 3. The van der Waals surface area contributed by atoms with Crippen molar-refractivity contribution in [1.29, 1.82) is 0 Å². The zero-order valence-electron chi connectivity index (χ0n) is 19.6. The van der Waals surface area contributed by atoms with Gasteiger partial charge in [-0.25, -0.2) is 4.98 Å². The van der Waals surface area contributed by atoms with Crippen molar-refractivity contribution in [3.63, 3.8) is 0 Å². The van der Waals surface area contributed by atoms with Gasteiger partial charge in [0, 0.05) is 49.4 Å². The van der Waals surface area contributed by atoms with Crippen LogP contribution in [0.4, 0.5) is 0 Å². The third kappa shape index (κ3) is 5.36. The highest BCUT2D eigenvalue weighted by atomic mass is 35.5. The van der Waals surface area contributed by atoms with Crippen molar-refractivity contribution < 1.29 is 19.1 Å². The monoisotopic (exact) mass is 483 g/mol. The van der Waals surface area contributed by atoms with Gasteiger partial charge >= 0.3 is 0 Å². The third-order valence-electron chi connectivity index (χ3n) is 6.71. The van der Waals surface area contributed by atoms with E-state index in [1.54, 1.807) is 18.2 Å². The van der Waals surface area contributed by atoms with Crippen LogP contribution in [0.3, 0.4) is 0 Å². The molecule has 1 aromatic heterocycles. The molecule has 2 amide bonds. The molecule has 2 aliphatic heterocycles. The van der Waals surface area contributed by atoms with Gasteiger partial charge in [0.1, 0.15) is 10.9 Å². The maximum absolute atomic E-state index is 13.1. The summed E-state index contributed by atoms with van der Waals surface area (Å²) < 4.78 is 10.8. The molecule has 7 nitrogen and oxygen atoms in total. The average molecular weight is 484 g/mol. The van der Waals surface area contributed by atoms with Crippen LogP contribution in [-0.4, -0.2) is 66.5 Å². The van der Waals surface area contributed by atoms with Gasteiger partial charge in [0.15, 0.2) is 0 Å². The number of aromatic nitrogens is 1. The lowest BCUT2D eigenvalue weighted by Gasteiger charge is -2.39. The number of para-hydroxylation sites is 1. The minimum atomic E-state index is -0.0612. The molecule has 0 saturated carbocycles. The molecule has 180 valence electrons. The first-order chi connectivity index (χ1) is 16.4. The Morgan fingerprint density at radius 2 is 1.82 bits per heavy atom. The smallest absolute Gasteiger partial charge is 0.254 e. The third-order valence-corrected chi connectivity index (χ3v) is 6.91. The number of likely N-dealkylation sites (tertiary alicyclic amines) is 2. The second-order valence-electron chi connectivity index (χ2n) is 8.83. The van der Waals surface area contributed by atoms with E-state index in [-0.39, 0.29) is 22.4 Å². The number of piperidine rings is 1. The Bertz CT molecular complexity index is 1080. The van der Waals surface area contributed by atoms with Gasteiger partial charge in [0.25, 0.3) is 5.91 Å². The average Bonchev–Trinajstić information content (AvgIpc) is 3.26. The van der Waals surface area contributed by atoms with Crippen LogP contribution in [0, 0.1) is 5.41 Å². The van der Waals surface area contributed by atoms with Gasteiger partial charge in [0.2, 0.25) is 11.8 Å². The molecule has 0 unspecified atom stereocenters. The number of benzene rings is 1. The van der Waals surface area contributed by atoms with Gasteiger partial charge in [-0.15, -0.1) is 0 Å². The molecule has 0 radical (unpaired) electrons. The Morgan fingerprint density at radius 1 is 1.12 bits per heavy atom. The molecule has 1 aromatic carbocycles. The van der Waals surface area contributed by atoms with Crippen LogP contribution in [0.15, 0.2) is 42.5 Å². The first-order valence-electron chi connectivity index (χ1n) is 11.6. The second kappa shape index (κ2) is 10.5. The molecular formula is C26H30ClN3O4. The lowest BCUT2D eigenvalue weighted by molar-refractivity contribution is -0.128. The summed E-state index contributed by atoms with van der Waals surface area (Å²) in [6.07, 6.45) is 6.15. The summed E-state index contributed by atoms with van der Waals surface area (Å²) in [4.78, 5) is 33.7. The van der Waals surface area contributed by atoms with E-state index in [2.05, 4.69) is 4.98 Å². The van der Waals surface area contributed by atoms with Gasteiger partial charge in [-0.2, -0.15) is 0 Å². The quantitative estimate of drug-likeness (QED) is 0.452. The van der Waals surface area contributed by atoms with E-state index in [1.165, 1.54) is 7.11 Å². The van der Waals surface area contributed by atoms with Gasteiger partial charge in [-0.1, -0.05) is 29.8 Å². The molecule has 2 saturated heterocycles. The normalized spacial score (nSPS) is 17.4. The maximum Gasteiger partial charge on any atom is 0.254 e. The summed E-state index contributed by atoms with van der Waals surface area (Å²) in [6, 6.07) is 10.9. The van der Waals surface area contributed by atoms with Crippen LogP contribution < -0.4 is 9.47 Å². The van der Waals surface area contributed by atoms with Crippen LogP contribution >= 0.6 is 11.6 Å². The molecule has 0 bridgehead atoms. The van der Waals surface area contributed by atoms with Crippen molar-refractivity contribution in [2.75, 3.05) is 39.9 Å². The number of carbonyl (C=O) groups is 2. The van der Waals surface area contributed by atoms with Crippen molar-refractivity contribution in [1.82, 2.24) is 14.8 Å². The van der Waals surface area contributed by atoms with E-state index in [0.29, 0.717) is 44.2 Å². The molecular weight excluding hydrogens is 454 g/mol. The molecule has 0 atom stereocenters. The summed E-state index contributed by atoms with van der Waals surface area (Å²) in [7, 11) is 1.50. The molecule has 0 aliphatic carbocycles. The van der Waals surface area contributed by atoms with E-state index >= 15 is 0 Å². The van der Waals surface area contributed by atoms with E-state index in [9.17, 15) is 9.59 Å². The van der Waals surface area contributed by atoms with Crippen LogP contribution in [0.5, 0.6) is 11.6 Å². The van der Waals surface area contributed by atoms with Crippen molar-refractivity contribution in [3.8, 4) is 11.6 Å². The van der Waals surface area contributed by atoms with E-state index in [0.717, 1.165) is 30.6 Å². The van der Waals surface area contributed by atoms with Crippen LogP contribution in [0.2, 0.25) is 5.15 Å². The molecule has 2 aromatic rings. The Kier molecular flexibility index (Phi) is 7.41. The predicted octanol–water partition coefficient (Wildman–Crippen LogP) is 4.31. The fourth-order valence-electron chi connectivity index (χ4n) is 4.77. The summed E-state index contributed by atoms with van der Waals surface area (Å²) in [5, 5.41) is 0.236. The zero-order valence-corrected chi connectivity index (χ0v) is 20.4. The Hall–Kier alpha value is -3.06. The van der Waals surface area contributed by atoms with Crippen LogP contribution in [-0.2, 0) is 4.79 Å². The zero-order chi connectivity index (χ0) is 24.1. The van der Waals surface area contributed by atoms with Crippen LogP contribution in [0.25, 0.3) is 6.08 Å². The number of carbonyl (C=O) groups excluding carboxylic acids is 2. The molecule has 34 heavy (non-hydrogen) atoms. The fourth-order valence-corrected chi connectivity index (χ4v) is 4.97. The molecule has 1 spiro atoms. The predicted molar refractivity (Wildman–Crippen MR) is 131 cm³/mol. The number of hydrogen-bond acceptors (Lipinski definition) is 5. The molecule has 2 fully saturated rings. The topological polar surface area (TPSA) is 72.0 Å². The standard InChI is InChI=1S/C26H30ClN3O4/c1-3-34-21-7-5-4-6-19(21)8-9-24(31)29-13-10-26(11-14-29)12-15-30(18-26)25(32)20-16-22(27)28-23(17-20)33-2/h4-9,16-17H,3,10-15,18H2,1-2H3/b9-8+. The number of pyridine rings is 1. The SMILES string of the molecule is CCOc1ccccc1/C=C/C(=O)N1CCC2(CC1)CCN(C(=O)c1cc(Cl)nc(OC)c1)C2.